The number of nitrogens with one attached hydrogen (secondary N) is 2. The lowest BCUT2D eigenvalue weighted by molar-refractivity contribution is -0.191. The van der Waals surface area contributed by atoms with Crippen LogP contribution in [0.4, 0.5) is 5.69 Å². The molecule has 0 aliphatic heterocycles. The number of methoxy groups -OCH3 is 4. The second kappa shape index (κ2) is 44.5. The third-order valence-electron chi connectivity index (χ3n) is 19.0. The van der Waals surface area contributed by atoms with E-state index in [1.54, 1.807) is 237 Å². The maximum Gasteiger partial charge on any atom is 0.373 e. The number of nitrogens with zero attached hydrogens (tertiary/aromatic N) is 12. The van der Waals surface area contributed by atoms with E-state index < -0.39 is 34.4 Å². The fourth-order valence-corrected chi connectivity index (χ4v) is 12.5. The van der Waals surface area contributed by atoms with Crippen LogP contribution in [0.15, 0.2) is 267 Å². The van der Waals surface area contributed by atoms with Gasteiger partial charge in [-0.25, -0.2) is 79.0 Å². The van der Waals surface area contributed by atoms with E-state index in [9.17, 15) is 64.8 Å². The molecule has 16 aromatic rings. The van der Waals surface area contributed by atoms with Gasteiger partial charge < -0.3 is 65.1 Å². The molecular formula is C97H76N14O21S. The lowest BCUT2D eigenvalue weighted by atomic mass is 10.1. The van der Waals surface area contributed by atoms with Crippen LogP contribution in [0.2, 0.25) is 0 Å². The number of rotatable bonds is 18. The van der Waals surface area contributed by atoms with Crippen LogP contribution < -0.4 is 5.32 Å². The van der Waals surface area contributed by atoms with E-state index in [-0.39, 0.29) is 105 Å². The smallest absolute Gasteiger partial charge is 0.373 e. The molecule has 4 heterocycles. The molecule has 12 aromatic carbocycles. The molecule has 36 heteroatoms. The van der Waals surface area contributed by atoms with E-state index in [4.69, 9.17) is 41.7 Å². The van der Waals surface area contributed by atoms with Gasteiger partial charge >= 0.3 is 40.5 Å². The molecule has 1 amide bonds. The van der Waals surface area contributed by atoms with Crippen molar-refractivity contribution in [2.24, 2.45) is 0 Å². The Bertz CT molecular complexity index is 6680. The second-order valence-electron chi connectivity index (χ2n) is 27.9. The number of esters is 4. The van der Waals surface area contributed by atoms with E-state index in [0.29, 0.717) is 119 Å². The van der Waals surface area contributed by atoms with Crippen LogP contribution in [-0.4, -0.2) is 174 Å². The summed E-state index contributed by atoms with van der Waals surface area (Å²) in [4.78, 5) is 128. The first-order chi connectivity index (χ1) is 64.0. The van der Waals surface area contributed by atoms with Crippen molar-refractivity contribution in [2.45, 2.75) is 20.8 Å². The number of hydrogen-bond acceptors (Lipinski definition) is 34. The molecule has 0 aliphatic rings. The van der Waals surface area contributed by atoms with Crippen LogP contribution in [-0.2, 0) is 43.8 Å². The van der Waals surface area contributed by atoms with E-state index >= 15 is 0 Å². The predicted molar refractivity (Wildman–Crippen MR) is 484 cm³/mol. The minimum absolute atomic E-state index is 0.0172. The highest BCUT2D eigenvalue weighted by atomic mass is 32.2. The minimum Gasteiger partial charge on any atom is -0.507 e. The van der Waals surface area contributed by atoms with Crippen molar-refractivity contribution in [3.05, 3.63) is 306 Å². The lowest BCUT2D eigenvalue weighted by Crippen LogP contribution is -2.02. The first-order valence-corrected chi connectivity index (χ1v) is 40.3. The number of anilines is 1. The fourth-order valence-electron chi connectivity index (χ4n) is 12.5. The third kappa shape index (κ3) is 24.4. The summed E-state index contributed by atoms with van der Waals surface area (Å²) in [5.74, 6) is 1.43. The number of para-hydroxylation sites is 4. The highest BCUT2D eigenvalue weighted by Gasteiger charge is 2.24. The van der Waals surface area contributed by atoms with Gasteiger partial charge in [-0.1, -0.05) is 115 Å². The zero-order chi connectivity index (χ0) is 95.5. The molecular weight excluding hydrogens is 1730 g/mol. The quantitative estimate of drug-likeness (QED) is 0.0217. The van der Waals surface area contributed by atoms with Crippen molar-refractivity contribution in [1.82, 2.24) is 59.8 Å². The van der Waals surface area contributed by atoms with Crippen LogP contribution in [0.25, 0.3) is 137 Å². The summed E-state index contributed by atoms with van der Waals surface area (Å²) in [6, 6.07) is 73.4. The fraction of sp³-hybridized carbons (Fsp3) is 0.0722. The number of aromatic hydroxyl groups is 8. The third-order valence-corrected chi connectivity index (χ3v) is 19.0. The molecule has 4 aromatic heterocycles. The van der Waals surface area contributed by atoms with E-state index in [1.807, 2.05) is 39.0 Å². The zero-order valence-corrected chi connectivity index (χ0v) is 72.0. The standard InChI is InChI=1S/C24H18N4O5.3C24H19N3O4.CO2.HNO2S/c1-33-24(32)15-8-6-14(7-9-15)21-26-22(17-4-2-3-5-19(17)30)28-23(27-21)18-11-10-16(25-13-29)12-20(18)31;3*1-14-7-12-18(20(29)13-14)23-26-21(15-8-10-16(11-9-15)24(30)31-2)25-22(27-23)17-5-3-4-6-19(17)28;2-1-3;1-4(2)3/h2-13,30-31H,1H3,(H,25,29);3*3-13,28-29H,1-2H3;;1H. The molecule has 0 unspecified atom stereocenters. The van der Waals surface area contributed by atoms with Gasteiger partial charge in [0.1, 0.15) is 46.0 Å². The monoisotopic (exact) mass is 1800 g/mol. The number of phenolic OH excluding ortho intramolecular Hbond substituents is 8. The predicted octanol–water partition coefficient (Wildman–Crippen LogP) is 15.8. The molecule has 0 spiro atoms. The summed E-state index contributed by atoms with van der Waals surface area (Å²) in [7, 11) is 2.65. The number of amides is 1. The van der Waals surface area contributed by atoms with Crippen molar-refractivity contribution in [3.63, 3.8) is 0 Å². The molecule has 0 atom stereocenters. The molecule has 0 radical (unpaired) electrons. The first kappa shape index (κ1) is 95.1. The Kier molecular flexibility index (Phi) is 31.8. The Labute approximate surface area is 758 Å². The average Bonchev–Trinajstić information content (AvgIpc) is 0.800. The molecule has 133 heavy (non-hydrogen) atoms. The molecule has 35 nitrogen and oxygen atoms in total. The summed E-state index contributed by atoms with van der Waals surface area (Å²) in [6.07, 6.45) is 0.754. The number of ether oxygens (including phenoxy) is 4. The number of aromatic nitrogens is 12. The summed E-state index contributed by atoms with van der Waals surface area (Å²) in [6.45, 7) is 5.62. The van der Waals surface area contributed by atoms with Gasteiger partial charge in [-0.3, -0.25) is 4.79 Å². The summed E-state index contributed by atoms with van der Waals surface area (Å²) in [5.41, 5.74) is 10.5. The van der Waals surface area contributed by atoms with Gasteiger partial charge in [-0.05, 0) is 183 Å². The maximum atomic E-state index is 11.7. The van der Waals surface area contributed by atoms with Crippen molar-refractivity contribution in [1.29, 1.82) is 4.78 Å². The molecule has 0 saturated carbocycles. The average molecular weight is 1810 g/mol. The molecule has 10 N–H and O–H groups in total. The van der Waals surface area contributed by atoms with Crippen LogP contribution >= 0.6 is 0 Å². The topological polar surface area (TPSA) is 543 Å². The van der Waals surface area contributed by atoms with Gasteiger partial charge in [0, 0.05) is 34.0 Å². The van der Waals surface area contributed by atoms with E-state index in [2.05, 4.69) is 65.1 Å². The lowest BCUT2D eigenvalue weighted by Gasteiger charge is -2.11. The SMILES string of the molecule is COC(=O)c1ccc(-c2nc(-c3ccccc3O)nc(-c3ccc(C)cc3O)n2)cc1.COC(=O)c1ccc(-c2nc(-c3ccccc3O)nc(-c3ccc(C)cc3O)n2)cc1.COC(=O)c1ccc(-c2nc(-c3ccccc3O)nc(-c3ccc(C)cc3O)n2)cc1.COC(=O)c1ccc(-c2nc(-c3ccccc3O)nc(-c3ccc(NC=O)cc3O)n2)cc1.N=S(=O)=O.O=C=O. The van der Waals surface area contributed by atoms with Crippen molar-refractivity contribution < 1.29 is 102 Å². The van der Waals surface area contributed by atoms with E-state index in [0.717, 1.165) is 16.7 Å². The number of aryl methyl sites for hydroxylation is 3. The molecule has 0 bridgehead atoms. The van der Waals surface area contributed by atoms with Gasteiger partial charge in [0.2, 0.25) is 6.41 Å². The zero-order valence-electron chi connectivity index (χ0n) is 71.1. The van der Waals surface area contributed by atoms with Crippen molar-refractivity contribution in [2.75, 3.05) is 33.8 Å². The van der Waals surface area contributed by atoms with Crippen LogP contribution in [0, 0.1) is 25.6 Å². The largest absolute Gasteiger partial charge is 0.507 e. The summed E-state index contributed by atoms with van der Waals surface area (Å²) >= 11 is 0. The van der Waals surface area contributed by atoms with Crippen molar-refractivity contribution in [3.8, 4) is 183 Å². The minimum atomic E-state index is -2.61. The number of carbonyl (C=O) groups is 5. The highest BCUT2D eigenvalue weighted by molar-refractivity contribution is 7.60. The molecule has 0 fully saturated rings. The number of hydrogen-bond donors (Lipinski definition) is 10. The van der Waals surface area contributed by atoms with Gasteiger partial charge in [0.25, 0.3) is 0 Å². The van der Waals surface area contributed by atoms with Crippen LogP contribution in [0.1, 0.15) is 58.1 Å². The number of carbonyl (C=O) groups excluding carboxylic acids is 7. The van der Waals surface area contributed by atoms with Crippen LogP contribution in [0.5, 0.6) is 46.0 Å². The second-order valence-corrected chi connectivity index (χ2v) is 28.4. The van der Waals surface area contributed by atoms with Crippen molar-refractivity contribution >= 4 is 52.6 Å². The van der Waals surface area contributed by atoms with Gasteiger partial charge in [0.05, 0.1) is 95.2 Å². The Balaban J connectivity index is 0.000000167. The number of benzene rings is 12. The van der Waals surface area contributed by atoms with E-state index in [1.165, 1.54) is 40.6 Å². The Morgan fingerprint density at radius 2 is 0.466 bits per heavy atom. The Morgan fingerprint density at radius 3 is 0.647 bits per heavy atom. The maximum absolute atomic E-state index is 11.7. The Morgan fingerprint density at radius 1 is 0.286 bits per heavy atom. The first-order valence-electron chi connectivity index (χ1n) is 39.2. The molecule has 16 rings (SSSR count). The molecule has 0 saturated heterocycles. The normalized spacial score (nSPS) is 10.3. The Hall–Kier alpha value is -18.6. The van der Waals surface area contributed by atoms with Gasteiger partial charge in [0.15, 0.2) is 69.9 Å². The summed E-state index contributed by atoms with van der Waals surface area (Å²) in [5, 5.41) is 85.5. The summed E-state index contributed by atoms with van der Waals surface area (Å²) < 4.78 is 41.8. The molecule has 0 aliphatic carbocycles. The van der Waals surface area contributed by atoms with Crippen LogP contribution in [0.3, 0.4) is 0 Å². The van der Waals surface area contributed by atoms with Gasteiger partial charge in [-0.15, -0.1) is 0 Å². The molecule has 666 valence electrons. The highest BCUT2D eigenvalue weighted by Crippen LogP contribution is 2.40. The number of phenols is 8. The van der Waals surface area contributed by atoms with Gasteiger partial charge in [-0.2, -0.15) is 22.8 Å².